The summed E-state index contributed by atoms with van der Waals surface area (Å²) in [6, 6.07) is 1.96. The van der Waals surface area contributed by atoms with Crippen molar-refractivity contribution in [2.75, 3.05) is 13.1 Å². The predicted molar refractivity (Wildman–Crippen MR) is 64.1 cm³/mol. The average Bonchev–Trinajstić information content (AvgIpc) is 2.46. The van der Waals surface area contributed by atoms with Crippen LogP contribution in [0, 0.1) is 0 Å². The van der Waals surface area contributed by atoms with Crippen molar-refractivity contribution in [2.45, 2.75) is 19.4 Å². The molecule has 1 aromatic rings. The zero-order valence-electron chi connectivity index (χ0n) is 7.85. The average molecular weight is 326 g/mol. The van der Waals surface area contributed by atoms with Gasteiger partial charge in [-0.1, -0.05) is 0 Å². The molecule has 0 saturated heterocycles. The summed E-state index contributed by atoms with van der Waals surface area (Å²) in [7, 11) is 0. The van der Waals surface area contributed by atoms with Gasteiger partial charge in [0.25, 0.3) is 0 Å². The third-order valence-electron chi connectivity index (χ3n) is 1.80. The third-order valence-corrected chi connectivity index (χ3v) is 3.51. The second-order valence-electron chi connectivity index (χ2n) is 3.01. The molecule has 0 fully saturated rings. The number of nitrogens with two attached hydrogens (primary N) is 1. The smallest absolute Gasteiger partial charge is 0.183 e. The minimum Gasteiger partial charge on any atom is -0.452 e. The second kappa shape index (κ2) is 6.61. The van der Waals surface area contributed by atoms with E-state index in [1.54, 1.807) is 0 Å². The van der Waals surface area contributed by atoms with Crippen LogP contribution in [-0.2, 0) is 6.54 Å². The fraction of sp³-hybridized carbons (Fsp3) is 0.556. The van der Waals surface area contributed by atoms with Gasteiger partial charge in [-0.2, -0.15) is 0 Å². The lowest BCUT2D eigenvalue weighted by Gasteiger charge is -2.00. The Bertz CT molecular complexity index is 256. The molecule has 1 aromatic heterocycles. The van der Waals surface area contributed by atoms with Gasteiger partial charge in [0, 0.05) is 0 Å². The Kier molecular flexibility index (Phi) is 5.77. The Hall–Kier alpha value is 0.160. The minimum absolute atomic E-state index is 0.747. The summed E-state index contributed by atoms with van der Waals surface area (Å²) in [5, 5.41) is 3.29. The first-order chi connectivity index (χ1) is 6.74. The van der Waals surface area contributed by atoms with Crippen molar-refractivity contribution in [1.29, 1.82) is 0 Å². The fourth-order valence-electron chi connectivity index (χ4n) is 1.08. The second-order valence-corrected chi connectivity index (χ2v) is 4.58. The molecule has 0 saturated carbocycles. The molecule has 0 unspecified atom stereocenters. The molecule has 80 valence electrons. The van der Waals surface area contributed by atoms with Crippen molar-refractivity contribution in [1.82, 2.24) is 5.32 Å². The van der Waals surface area contributed by atoms with Crippen molar-refractivity contribution < 1.29 is 4.42 Å². The number of unbranched alkanes of at least 4 members (excludes halogenated alkanes) is 1. The zero-order chi connectivity index (χ0) is 10.4. The van der Waals surface area contributed by atoms with E-state index in [-0.39, 0.29) is 0 Å². The molecular weight excluding hydrogens is 312 g/mol. The highest BCUT2D eigenvalue weighted by atomic mass is 79.9. The van der Waals surface area contributed by atoms with E-state index in [0.29, 0.717) is 0 Å². The van der Waals surface area contributed by atoms with E-state index in [1.807, 2.05) is 6.07 Å². The first kappa shape index (κ1) is 12.2. The first-order valence-electron chi connectivity index (χ1n) is 4.58. The summed E-state index contributed by atoms with van der Waals surface area (Å²) < 4.78 is 7.10. The van der Waals surface area contributed by atoms with Gasteiger partial charge >= 0.3 is 0 Å². The molecule has 0 aliphatic heterocycles. The number of rotatable bonds is 6. The van der Waals surface area contributed by atoms with E-state index in [4.69, 9.17) is 10.2 Å². The van der Waals surface area contributed by atoms with E-state index in [2.05, 4.69) is 37.2 Å². The summed E-state index contributed by atoms with van der Waals surface area (Å²) in [6.07, 6.45) is 2.18. The van der Waals surface area contributed by atoms with Crippen molar-refractivity contribution in [3.63, 3.8) is 0 Å². The van der Waals surface area contributed by atoms with E-state index >= 15 is 0 Å². The molecule has 0 radical (unpaired) electrons. The van der Waals surface area contributed by atoms with Crippen LogP contribution < -0.4 is 11.1 Å². The van der Waals surface area contributed by atoms with E-state index < -0.39 is 0 Å². The Morgan fingerprint density at radius 3 is 2.71 bits per heavy atom. The highest BCUT2D eigenvalue weighted by Gasteiger charge is 2.04. The number of hydrogen-bond donors (Lipinski definition) is 2. The van der Waals surface area contributed by atoms with Crippen molar-refractivity contribution >= 4 is 31.9 Å². The van der Waals surface area contributed by atoms with Crippen molar-refractivity contribution in [3.8, 4) is 0 Å². The van der Waals surface area contributed by atoms with Crippen molar-refractivity contribution in [3.05, 3.63) is 21.0 Å². The lowest BCUT2D eigenvalue weighted by atomic mass is 10.3. The van der Waals surface area contributed by atoms with Crippen LogP contribution in [0.5, 0.6) is 0 Å². The fourth-order valence-corrected chi connectivity index (χ4v) is 1.74. The van der Waals surface area contributed by atoms with Crippen molar-refractivity contribution in [2.24, 2.45) is 5.73 Å². The quantitative estimate of drug-likeness (QED) is 0.790. The van der Waals surface area contributed by atoms with Gasteiger partial charge in [0.1, 0.15) is 5.76 Å². The lowest BCUT2D eigenvalue weighted by Crippen LogP contribution is -2.15. The van der Waals surface area contributed by atoms with Crippen LogP contribution in [0.25, 0.3) is 0 Å². The Labute approximate surface area is 101 Å². The Balaban J connectivity index is 2.18. The monoisotopic (exact) mass is 324 g/mol. The maximum Gasteiger partial charge on any atom is 0.183 e. The van der Waals surface area contributed by atoms with Crippen LogP contribution in [0.4, 0.5) is 0 Å². The van der Waals surface area contributed by atoms with Crippen LogP contribution in [0.3, 0.4) is 0 Å². The standard InChI is InChI=1S/C9H14Br2N2O/c10-8-5-7(14-9(8)11)6-13-4-2-1-3-12/h5,13H,1-4,6,12H2. The largest absolute Gasteiger partial charge is 0.452 e. The summed E-state index contributed by atoms with van der Waals surface area (Å²) in [5.74, 6) is 0.927. The minimum atomic E-state index is 0.747. The van der Waals surface area contributed by atoms with E-state index in [1.165, 1.54) is 0 Å². The highest BCUT2D eigenvalue weighted by Crippen LogP contribution is 2.26. The molecule has 5 heteroatoms. The van der Waals surface area contributed by atoms with Crippen LogP contribution in [0.1, 0.15) is 18.6 Å². The van der Waals surface area contributed by atoms with Gasteiger partial charge in [0.05, 0.1) is 11.0 Å². The Morgan fingerprint density at radius 2 is 2.14 bits per heavy atom. The van der Waals surface area contributed by atoms with Gasteiger partial charge in [-0.05, 0) is 63.9 Å². The number of furan rings is 1. The third kappa shape index (κ3) is 4.13. The SMILES string of the molecule is NCCCCNCc1cc(Br)c(Br)o1. The highest BCUT2D eigenvalue weighted by molar-refractivity contribution is 9.13. The summed E-state index contributed by atoms with van der Waals surface area (Å²) >= 11 is 6.66. The number of halogens is 2. The molecule has 0 spiro atoms. The molecule has 3 nitrogen and oxygen atoms in total. The Morgan fingerprint density at radius 1 is 1.36 bits per heavy atom. The van der Waals surface area contributed by atoms with Crippen LogP contribution in [0.2, 0.25) is 0 Å². The molecule has 0 bridgehead atoms. The molecule has 0 atom stereocenters. The van der Waals surface area contributed by atoms with Gasteiger partial charge in [0.15, 0.2) is 4.67 Å². The maximum atomic E-state index is 5.40. The van der Waals surface area contributed by atoms with E-state index in [0.717, 1.165) is 47.4 Å². The van der Waals surface area contributed by atoms with Gasteiger partial charge in [-0.15, -0.1) is 0 Å². The van der Waals surface area contributed by atoms with Crippen LogP contribution >= 0.6 is 31.9 Å². The number of hydrogen-bond acceptors (Lipinski definition) is 3. The molecule has 14 heavy (non-hydrogen) atoms. The van der Waals surface area contributed by atoms with Crippen LogP contribution in [-0.4, -0.2) is 13.1 Å². The predicted octanol–water partition coefficient (Wildman–Crippen LogP) is 2.63. The van der Waals surface area contributed by atoms with Crippen LogP contribution in [0.15, 0.2) is 19.6 Å². The topological polar surface area (TPSA) is 51.2 Å². The molecule has 1 rings (SSSR count). The zero-order valence-corrected chi connectivity index (χ0v) is 11.0. The van der Waals surface area contributed by atoms with Gasteiger partial charge in [-0.3, -0.25) is 0 Å². The summed E-state index contributed by atoms with van der Waals surface area (Å²) in [5.41, 5.74) is 5.39. The normalized spacial score (nSPS) is 10.8. The van der Waals surface area contributed by atoms with Gasteiger partial charge in [-0.25, -0.2) is 0 Å². The molecule has 3 N–H and O–H groups in total. The lowest BCUT2D eigenvalue weighted by molar-refractivity contribution is 0.462. The summed E-state index contributed by atoms with van der Waals surface area (Å²) in [4.78, 5) is 0. The molecule has 0 amide bonds. The molecule has 0 aliphatic carbocycles. The molecule has 1 heterocycles. The maximum absolute atomic E-state index is 5.40. The molecule has 0 aromatic carbocycles. The summed E-state index contributed by atoms with van der Waals surface area (Å²) in [6.45, 7) is 2.50. The van der Waals surface area contributed by atoms with Gasteiger partial charge in [0.2, 0.25) is 0 Å². The van der Waals surface area contributed by atoms with Gasteiger partial charge < -0.3 is 15.5 Å². The molecular formula is C9H14Br2N2O. The first-order valence-corrected chi connectivity index (χ1v) is 6.17. The number of nitrogens with one attached hydrogen (secondary N) is 1. The van der Waals surface area contributed by atoms with E-state index in [9.17, 15) is 0 Å². The molecule has 0 aliphatic rings.